The number of hydrogen-bond donors (Lipinski definition) is 3. The highest BCUT2D eigenvalue weighted by Crippen LogP contribution is 2.44. The van der Waals surface area contributed by atoms with Gasteiger partial charge >= 0.3 is 0 Å². The van der Waals surface area contributed by atoms with Gasteiger partial charge in [-0.15, -0.1) is 0 Å². The first-order chi connectivity index (χ1) is 8.06. The predicted octanol–water partition coefficient (Wildman–Crippen LogP) is 1.03. The van der Waals surface area contributed by atoms with Crippen LogP contribution in [0.25, 0.3) is 0 Å². The molecule has 17 heavy (non-hydrogen) atoms. The van der Waals surface area contributed by atoms with Crippen LogP contribution in [0.15, 0.2) is 18.2 Å². The minimum atomic E-state index is -0.590. The number of carbonyl (C=O) groups is 1. The highest BCUT2D eigenvalue weighted by molar-refractivity contribution is 5.96. The van der Waals surface area contributed by atoms with Crippen LogP contribution in [0.5, 0.6) is 5.75 Å². The van der Waals surface area contributed by atoms with E-state index in [1.807, 2.05) is 0 Å². The summed E-state index contributed by atoms with van der Waals surface area (Å²) < 4.78 is 12.7. The normalized spacial score (nSPS) is 16.6. The summed E-state index contributed by atoms with van der Waals surface area (Å²) in [5.41, 5.74) is -0.147. The zero-order valence-electron chi connectivity index (χ0n) is 9.24. The molecule has 0 aromatic heterocycles. The molecule has 0 saturated heterocycles. The van der Waals surface area contributed by atoms with Crippen molar-refractivity contribution in [3.05, 3.63) is 29.6 Å². The van der Waals surface area contributed by atoms with E-state index < -0.39 is 11.7 Å². The SMILES string of the molecule is O=C(NCC1(CO)CC1)c1ccc(F)cc1O. The summed E-state index contributed by atoms with van der Waals surface area (Å²) in [5.74, 6) is -1.42. The van der Waals surface area contributed by atoms with Crippen LogP contribution in [0.2, 0.25) is 0 Å². The smallest absolute Gasteiger partial charge is 0.255 e. The van der Waals surface area contributed by atoms with Crippen LogP contribution in [-0.4, -0.2) is 29.3 Å². The second kappa shape index (κ2) is 4.33. The first-order valence-corrected chi connectivity index (χ1v) is 5.44. The fraction of sp³-hybridized carbons (Fsp3) is 0.417. The topological polar surface area (TPSA) is 69.6 Å². The Hall–Kier alpha value is -1.62. The first kappa shape index (κ1) is 11.9. The number of phenols is 1. The van der Waals surface area contributed by atoms with Gasteiger partial charge in [0.25, 0.3) is 5.91 Å². The molecular formula is C12H14FNO3. The molecule has 0 bridgehead atoms. The van der Waals surface area contributed by atoms with Crippen molar-refractivity contribution >= 4 is 5.91 Å². The van der Waals surface area contributed by atoms with E-state index in [2.05, 4.69) is 5.32 Å². The third kappa shape index (κ3) is 2.55. The molecule has 4 nitrogen and oxygen atoms in total. The van der Waals surface area contributed by atoms with Crippen LogP contribution in [0.4, 0.5) is 4.39 Å². The van der Waals surface area contributed by atoms with Gasteiger partial charge in [0.1, 0.15) is 11.6 Å². The van der Waals surface area contributed by atoms with Gasteiger partial charge in [0.2, 0.25) is 0 Å². The minimum absolute atomic E-state index is 0.0418. The molecule has 1 aromatic rings. The average Bonchev–Trinajstić information content (AvgIpc) is 3.07. The van der Waals surface area contributed by atoms with Crippen molar-refractivity contribution in [2.45, 2.75) is 12.8 Å². The molecule has 1 saturated carbocycles. The quantitative estimate of drug-likeness (QED) is 0.735. The maximum atomic E-state index is 12.7. The van der Waals surface area contributed by atoms with E-state index in [0.717, 1.165) is 25.0 Å². The molecule has 1 amide bonds. The van der Waals surface area contributed by atoms with Crippen molar-refractivity contribution in [2.75, 3.05) is 13.2 Å². The lowest BCUT2D eigenvalue weighted by Gasteiger charge is -2.13. The van der Waals surface area contributed by atoms with Crippen molar-refractivity contribution in [1.82, 2.24) is 5.32 Å². The third-order valence-electron chi connectivity index (χ3n) is 3.12. The monoisotopic (exact) mass is 239 g/mol. The number of aliphatic hydroxyl groups excluding tert-OH is 1. The summed E-state index contributed by atoms with van der Waals surface area (Å²) in [7, 11) is 0. The van der Waals surface area contributed by atoms with Crippen LogP contribution in [0.1, 0.15) is 23.2 Å². The van der Waals surface area contributed by atoms with Crippen molar-refractivity contribution in [3.63, 3.8) is 0 Å². The van der Waals surface area contributed by atoms with E-state index in [1.165, 1.54) is 6.07 Å². The summed E-state index contributed by atoms with van der Waals surface area (Å²) in [6.45, 7) is 0.418. The van der Waals surface area contributed by atoms with Gasteiger partial charge in [0.05, 0.1) is 12.2 Å². The molecule has 92 valence electrons. The van der Waals surface area contributed by atoms with Gasteiger partial charge < -0.3 is 15.5 Å². The van der Waals surface area contributed by atoms with E-state index in [4.69, 9.17) is 5.11 Å². The number of hydrogen-bond acceptors (Lipinski definition) is 3. The Labute approximate surface area is 98.1 Å². The average molecular weight is 239 g/mol. The van der Waals surface area contributed by atoms with Gasteiger partial charge in [-0.25, -0.2) is 4.39 Å². The lowest BCUT2D eigenvalue weighted by atomic mass is 10.1. The molecular weight excluding hydrogens is 225 g/mol. The van der Waals surface area contributed by atoms with Gasteiger partial charge in [-0.3, -0.25) is 4.79 Å². The van der Waals surface area contributed by atoms with Crippen molar-refractivity contribution in [2.24, 2.45) is 5.41 Å². The van der Waals surface area contributed by atoms with Gasteiger partial charge in [-0.2, -0.15) is 0 Å². The van der Waals surface area contributed by atoms with E-state index in [9.17, 15) is 14.3 Å². The molecule has 3 N–H and O–H groups in total. The lowest BCUT2D eigenvalue weighted by molar-refractivity contribution is 0.0932. The highest BCUT2D eigenvalue weighted by atomic mass is 19.1. The predicted molar refractivity (Wildman–Crippen MR) is 59.2 cm³/mol. The Kier molecular flexibility index (Phi) is 3.02. The van der Waals surface area contributed by atoms with E-state index in [1.54, 1.807) is 0 Å². The Morgan fingerprint density at radius 1 is 1.47 bits per heavy atom. The van der Waals surface area contributed by atoms with E-state index in [-0.39, 0.29) is 23.3 Å². The molecule has 0 heterocycles. The summed E-state index contributed by atoms with van der Waals surface area (Å²) in [6.07, 6.45) is 1.78. The molecule has 0 unspecified atom stereocenters. The van der Waals surface area contributed by atoms with Crippen molar-refractivity contribution in [1.29, 1.82) is 0 Å². The number of amides is 1. The fourth-order valence-electron chi connectivity index (χ4n) is 1.63. The molecule has 1 fully saturated rings. The van der Waals surface area contributed by atoms with E-state index >= 15 is 0 Å². The molecule has 0 atom stereocenters. The second-order valence-electron chi connectivity index (χ2n) is 4.50. The number of aliphatic hydroxyl groups is 1. The minimum Gasteiger partial charge on any atom is -0.507 e. The summed E-state index contributed by atoms with van der Waals surface area (Å²) in [6, 6.07) is 3.25. The number of phenolic OH excluding ortho intramolecular Hbond substituents is 1. The third-order valence-corrected chi connectivity index (χ3v) is 3.12. The Balaban J connectivity index is 2.00. The van der Waals surface area contributed by atoms with Crippen LogP contribution in [0.3, 0.4) is 0 Å². The Bertz CT molecular complexity index is 443. The van der Waals surface area contributed by atoms with Crippen LogP contribution in [-0.2, 0) is 0 Å². The van der Waals surface area contributed by atoms with Crippen molar-refractivity contribution < 1.29 is 19.4 Å². The fourth-order valence-corrected chi connectivity index (χ4v) is 1.63. The second-order valence-corrected chi connectivity index (χ2v) is 4.50. The molecule has 1 aromatic carbocycles. The summed E-state index contributed by atoms with van der Waals surface area (Å²) in [4.78, 5) is 11.7. The molecule has 0 spiro atoms. The number of benzene rings is 1. The van der Waals surface area contributed by atoms with Gasteiger partial charge in [-0.05, 0) is 25.0 Å². The van der Waals surface area contributed by atoms with Crippen LogP contribution < -0.4 is 5.32 Å². The molecule has 1 aliphatic carbocycles. The molecule has 2 rings (SSSR count). The van der Waals surface area contributed by atoms with Crippen LogP contribution >= 0.6 is 0 Å². The molecule has 1 aliphatic rings. The number of carbonyl (C=O) groups excluding carboxylic acids is 1. The summed E-state index contributed by atoms with van der Waals surface area (Å²) >= 11 is 0. The zero-order valence-corrected chi connectivity index (χ0v) is 9.24. The number of halogens is 1. The maximum Gasteiger partial charge on any atom is 0.255 e. The Morgan fingerprint density at radius 2 is 2.18 bits per heavy atom. The number of nitrogens with one attached hydrogen (secondary N) is 1. The lowest BCUT2D eigenvalue weighted by Crippen LogP contribution is -2.31. The van der Waals surface area contributed by atoms with Gasteiger partial charge in [0, 0.05) is 18.0 Å². The maximum absolute atomic E-state index is 12.7. The van der Waals surface area contributed by atoms with Crippen LogP contribution in [0, 0.1) is 11.2 Å². The van der Waals surface area contributed by atoms with E-state index in [0.29, 0.717) is 6.54 Å². The summed E-state index contributed by atoms with van der Waals surface area (Å²) in [5, 5.41) is 21.1. The first-order valence-electron chi connectivity index (χ1n) is 5.44. The standard InChI is InChI=1S/C12H14FNO3/c13-8-1-2-9(10(16)5-8)11(17)14-6-12(7-15)3-4-12/h1-2,5,15-16H,3-4,6-7H2,(H,14,17). The van der Waals surface area contributed by atoms with Gasteiger partial charge in [-0.1, -0.05) is 0 Å². The van der Waals surface area contributed by atoms with Crippen molar-refractivity contribution in [3.8, 4) is 5.75 Å². The number of rotatable bonds is 4. The largest absolute Gasteiger partial charge is 0.507 e. The molecule has 0 aliphatic heterocycles. The van der Waals surface area contributed by atoms with Gasteiger partial charge in [0.15, 0.2) is 0 Å². The molecule has 0 radical (unpaired) electrons. The zero-order chi connectivity index (χ0) is 12.5. The number of aromatic hydroxyl groups is 1. The highest BCUT2D eigenvalue weighted by Gasteiger charge is 2.42. The molecule has 5 heteroatoms. The Morgan fingerprint density at radius 3 is 2.71 bits per heavy atom.